The molecule has 1 aromatic rings. The zero-order valence-corrected chi connectivity index (χ0v) is 12.7. The lowest BCUT2D eigenvalue weighted by Crippen LogP contribution is -2.45. The SMILES string of the molecule is COC(=O)c1ccccc1S(=O)(=O)NC(C)(C)C1CC1. The van der Waals surface area contributed by atoms with E-state index in [0.717, 1.165) is 12.8 Å². The summed E-state index contributed by atoms with van der Waals surface area (Å²) in [6.45, 7) is 3.73. The van der Waals surface area contributed by atoms with Crippen LogP contribution < -0.4 is 4.72 Å². The smallest absolute Gasteiger partial charge is 0.339 e. The summed E-state index contributed by atoms with van der Waals surface area (Å²) >= 11 is 0. The Labute approximate surface area is 119 Å². The van der Waals surface area contributed by atoms with Crippen molar-refractivity contribution in [2.75, 3.05) is 7.11 Å². The molecular formula is C14H19NO4S. The molecule has 1 aromatic carbocycles. The molecule has 0 aromatic heterocycles. The van der Waals surface area contributed by atoms with Gasteiger partial charge in [-0.15, -0.1) is 0 Å². The van der Waals surface area contributed by atoms with Crippen molar-refractivity contribution in [2.24, 2.45) is 5.92 Å². The number of hydrogen-bond donors (Lipinski definition) is 1. The fourth-order valence-electron chi connectivity index (χ4n) is 2.27. The van der Waals surface area contributed by atoms with Gasteiger partial charge in [0.1, 0.15) is 0 Å². The first-order chi connectivity index (χ1) is 9.28. The molecule has 0 amide bonds. The number of rotatable bonds is 5. The number of methoxy groups -OCH3 is 1. The Bertz CT molecular complexity index is 618. The molecular weight excluding hydrogens is 278 g/mol. The van der Waals surface area contributed by atoms with Crippen molar-refractivity contribution < 1.29 is 17.9 Å². The highest BCUT2D eigenvalue weighted by Gasteiger charge is 2.41. The Morgan fingerprint density at radius 1 is 1.30 bits per heavy atom. The lowest BCUT2D eigenvalue weighted by Gasteiger charge is -2.26. The van der Waals surface area contributed by atoms with Crippen LogP contribution in [0.4, 0.5) is 0 Å². The van der Waals surface area contributed by atoms with Gasteiger partial charge in [-0.3, -0.25) is 0 Å². The molecule has 1 fully saturated rings. The summed E-state index contributed by atoms with van der Waals surface area (Å²) < 4.78 is 32.3. The highest BCUT2D eigenvalue weighted by atomic mass is 32.2. The quantitative estimate of drug-likeness (QED) is 0.843. The van der Waals surface area contributed by atoms with Gasteiger partial charge in [-0.1, -0.05) is 12.1 Å². The van der Waals surface area contributed by atoms with E-state index >= 15 is 0 Å². The first-order valence-corrected chi connectivity index (χ1v) is 7.97. The van der Waals surface area contributed by atoms with E-state index in [2.05, 4.69) is 9.46 Å². The topological polar surface area (TPSA) is 72.5 Å². The van der Waals surface area contributed by atoms with Crippen LogP contribution in [-0.4, -0.2) is 27.0 Å². The number of benzene rings is 1. The molecule has 1 aliphatic rings. The largest absolute Gasteiger partial charge is 0.465 e. The molecule has 5 nitrogen and oxygen atoms in total. The van der Waals surface area contributed by atoms with E-state index in [1.165, 1.54) is 19.2 Å². The van der Waals surface area contributed by atoms with E-state index in [4.69, 9.17) is 0 Å². The van der Waals surface area contributed by atoms with Gasteiger partial charge in [0, 0.05) is 5.54 Å². The predicted molar refractivity (Wildman–Crippen MR) is 74.9 cm³/mol. The second-order valence-electron chi connectivity index (χ2n) is 5.59. The van der Waals surface area contributed by atoms with Crippen LogP contribution in [0, 0.1) is 5.92 Å². The summed E-state index contributed by atoms with van der Waals surface area (Å²) in [6, 6.07) is 6.06. The zero-order chi connectivity index (χ0) is 15.0. The Balaban J connectivity index is 2.37. The van der Waals surface area contributed by atoms with Crippen molar-refractivity contribution >= 4 is 16.0 Å². The van der Waals surface area contributed by atoms with Gasteiger partial charge in [0.15, 0.2) is 0 Å². The molecule has 20 heavy (non-hydrogen) atoms. The molecule has 0 atom stereocenters. The summed E-state index contributed by atoms with van der Waals surface area (Å²) in [5.74, 6) is -0.308. The monoisotopic (exact) mass is 297 g/mol. The number of hydrogen-bond acceptors (Lipinski definition) is 4. The fourth-order valence-corrected chi connectivity index (χ4v) is 3.94. The summed E-state index contributed by atoms with van der Waals surface area (Å²) in [4.78, 5) is 11.6. The van der Waals surface area contributed by atoms with Crippen molar-refractivity contribution in [2.45, 2.75) is 37.1 Å². The number of esters is 1. The van der Waals surface area contributed by atoms with E-state index in [1.54, 1.807) is 12.1 Å². The van der Waals surface area contributed by atoms with Gasteiger partial charge in [0.25, 0.3) is 0 Å². The number of carbonyl (C=O) groups excluding carboxylic acids is 1. The van der Waals surface area contributed by atoms with Gasteiger partial charge in [-0.2, -0.15) is 0 Å². The normalized spacial score (nSPS) is 15.9. The summed E-state index contributed by atoms with van der Waals surface area (Å²) in [6.07, 6.45) is 2.04. The number of ether oxygens (including phenoxy) is 1. The van der Waals surface area contributed by atoms with Crippen LogP contribution in [0.15, 0.2) is 29.2 Å². The van der Waals surface area contributed by atoms with E-state index in [-0.39, 0.29) is 10.5 Å². The third-order valence-corrected chi connectivity index (χ3v) is 5.31. The van der Waals surface area contributed by atoms with Gasteiger partial charge in [-0.25, -0.2) is 17.9 Å². The highest BCUT2D eigenvalue weighted by Crippen LogP contribution is 2.40. The Morgan fingerprint density at radius 3 is 2.45 bits per heavy atom. The minimum Gasteiger partial charge on any atom is -0.465 e. The fraction of sp³-hybridized carbons (Fsp3) is 0.500. The van der Waals surface area contributed by atoms with E-state index < -0.39 is 21.5 Å². The summed E-state index contributed by atoms with van der Waals surface area (Å²) in [5.41, 5.74) is -0.462. The molecule has 6 heteroatoms. The molecule has 0 saturated heterocycles. The lowest BCUT2D eigenvalue weighted by molar-refractivity contribution is 0.0596. The maximum Gasteiger partial charge on any atom is 0.339 e. The van der Waals surface area contributed by atoms with Crippen molar-refractivity contribution in [3.63, 3.8) is 0 Å². The van der Waals surface area contributed by atoms with E-state index in [9.17, 15) is 13.2 Å². The highest BCUT2D eigenvalue weighted by molar-refractivity contribution is 7.89. The molecule has 0 bridgehead atoms. The van der Waals surface area contributed by atoms with Crippen molar-refractivity contribution in [1.29, 1.82) is 0 Å². The molecule has 1 aliphatic carbocycles. The lowest BCUT2D eigenvalue weighted by atomic mass is 10.0. The van der Waals surface area contributed by atoms with Crippen LogP contribution >= 0.6 is 0 Å². The van der Waals surface area contributed by atoms with Gasteiger partial charge in [-0.05, 0) is 44.7 Å². The standard InChI is InChI=1S/C14H19NO4S/c1-14(2,10-8-9-10)15-20(17,18)12-7-5-4-6-11(12)13(16)19-3/h4-7,10,15H,8-9H2,1-3H3. The number of carbonyl (C=O) groups is 1. The van der Waals surface area contributed by atoms with Gasteiger partial charge in [0.05, 0.1) is 17.6 Å². The average Bonchev–Trinajstić information content (AvgIpc) is 3.21. The maximum absolute atomic E-state index is 12.5. The van der Waals surface area contributed by atoms with Crippen LogP contribution in [0.3, 0.4) is 0 Å². The van der Waals surface area contributed by atoms with Crippen LogP contribution in [0.1, 0.15) is 37.0 Å². The number of sulfonamides is 1. The first-order valence-electron chi connectivity index (χ1n) is 6.49. The minimum atomic E-state index is -3.76. The minimum absolute atomic E-state index is 0.0411. The molecule has 1 N–H and O–H groups in total. The molecule has 0 spiro atoms. The number of nitrogens with one attached hydrogen (secondary N) is 1. The molecule has 0 aliphatic heterocycles. The van der Waals surface area contributed by atoms with Crippen molar-refractivity contribution in [3.8, 4) is 0 Å². The third kappa shape index (κ3) is 3.02. The van der Waals surface area contributed by atoms with Gasteiger partial charge in [0.2, 0.25) is 10.0 Å². The molecule has 0 heterocycles. The molecule has 110 valence electrons. The molecule has 0 unspecified atom stereocenters. The van der Waals surface area contributed by atoms with Crippen LogP contribution in [-0.2, 0) is 14.8 Å². The predicted octanol–water partition coefficient (Wildman–Crippen LogP) is 1.94. The van der Waals surface area contributed by atoms with Gasteiger partial charge >= 0.3 is 5.97 Å². The summed E-state index contributed by atoms with van der Waals surface area (Å²) in [7, 11) is -2.53. The van der Waals surface area contributed by atoms with E-state index in [1.807, 2.05) is 13.8 Å². The van der Waals surface area contributed by atoms with Crippen LogP contribution in [0.2, 0.25) is 0 Å². The first kappa shape index (κ1) is 15.0. The third-order valence-electron chi connectivity index (χ3n) is 3.58. The second kappa shape index (κ2) is 5.18. The Hall–Kier alpha value is -1.40. The Kier molecular flexibility index (Phi) is 3.88. The molecule has 1 saturated carbocycles. The average molecular weight is 297 g/mol. The van der Waals surface area contributed by atoms with Crippen molar-refractivity contribution in [1.82, 2.24) is 4.72 Å². The van der Waals surface area contributed by atoms with Gasteiger partial charge < -0.3 is 4.74 Å². The van der Waals surface area contributed by atoms with E-state index in [0.29, 0.717) is 5.92 Å². The zero-order valence-electron chi connectivity index (χ0n) is 11.8. The van der Waals surface area contributed by atoms with Crippen LogP contribution in [0.5, 0.6) is 0 Å². The second-order valence-corrected chi connectivity index (χ2v) is 7.24. The summed E-state index contributed by atoms with van der Waals surface area (Å²) in [5, 5.41) is 0. The molecule has 2 rings (SSSR count). The molecule has 0 radical (unpaired) electrons. The maximum atomic E-state index is 12.5. The van der Waals surface area contributed by atoms with Crippen LogP contribution in [0.25, 0.3) is 0 Å². The Morgan fingerprint density at radius 2 is 1.90 bits per heavy atom. The van der Waals surface area contributed by atoms with Crippen molar-refractivity contribution in [3.05, 3.63) is 29.8 Å².